The molecule has 4 rings (SSSR count). The Morgan fingerprint density at radius 1 is 0.786 bits per heavy atom. The van der Waals surface area contributed by atoms with E-state index in [0.717, 1.165) is 27.5 Å². The molecule has 28 heavy (non-hydrogen) atoms. The van der Waals surface area contributed by atoms with Crippen LogP contribution in [0.4, 0.5) is 0 Å². The first-order valence-corrected chi connectivity index (χ1v) is 9.10. The first-order valence-electron chi connectivity index (χ1n) is 8.72. The van der Waals surface area contributed by atoms with Crippen LogP contribution < -0.4 is 16.0 Å². The molecule has 0 radical (unpaired) electrons. The maximum Gasteiger partial charge on any atom is 0.336 e. The molecule has 0 N–H and O–H groups in total. The Bertz CT molecular complexity index is 1350. The van der Waals surface area contributed by atoms with Gasteiger partial charge < -0.3 is 13.6 Å². The SMILES string of the molecule is Cc1cc2oc(=O)cc(COc3cc4oc(=O)cc(C)c4cc3Cl)c2cc1C. The van der Waals surface area contributed by atoms with Crippen LogP contribution in [0.3, 0.4) is 0 Å². The van der Waals surface area contributed by atoms with Crippen LogP contribution in [0.2, 0.25) is 5.02 Å². The number of fused-ring (bicyclic) bond motifs is 2. The Hall–Kier alpha value is -3.05. The fourth-order valence-electron chi connectivity index (χ4n) is 3.19. The normalized spacial score (nSPS) is 11.3. The molecule has 0 amide bonds. The Morgan fingerprint density at radius 3 is 2.18 bits per heavy atom. The quantitative estimate of drug-likeness (QED) is 0.453. The van der Waals surface area contributed by atoms with Crippen molar-refractivity contribution in [1.29, 1.82) is 0 Å². The molecule has 0 atom stereocenters. The number of benzene rings is 2. The van der Waals surface area contributed by atoms with Crippen molar-refractivity contribution in [2.24, 2.45) is 0 Å². The number of halogens is 1. The van der Waals surface area contributed by atoms with Crippen LogP contribution in [0.25, 0.3) is 21.9 Å². The molecule has 0 saturated carbocycles. The van der Waals surface area contributed by atoms with Crippen LogP contribution >= 0.6 is 11.6 Å². The molecule has 0 spiro atoms. The average molecular weight is 397 g/mol. The van der Waals surface area contributed by atoms with Gasteiger partial charge in [0.15, 0.2) is 0 Å². The van der Waals surface area contributed by atoms with Gasteiger partial charge in [0.25, 0.3) is 0 Å². The third-order valence-corrected chi connectivity index (χ3v) is 5.13. The van der Waals surface area contributed by atoms with Gasteiger partial charge in [-0.25, -0.2) is 9.59 Å². The molecule has 142 valence electrons. The summed E-state index contributed by atoms with van der Waals surface area (Å²) in [6.07, 6.45) is 0. The number of hydrogen-bond acceptors (Lipinski definition) is 5. The molecule has 0 unspecified atom stereocenters. The number of rotatable bonds is 3. The molecule has 6 heteroatoms. The molecule has 4 aromatic rings. The second-order valence-corrected chi connectivity index (χ2v) is 7.25. The minimum Gasteiger partial charge on any atom is -0.487 e. The largest absolute Gasteiger partial charge is 0.487 e. The molecular formula is C22H17ClO5. The molecule has 0 aliphatic carbocycles. The van der Waals surface area contributed by atoms with Crippen molar-refractivity contribution in [2.75, 3.05) is 0 Å². The van der Waals surface area contributed by atoms with Gasteiger partial charge in [-0.05, 0) is 55.7 Å². The summed E-state index contributed by atoms with van der Waals surface area (Å²) in [6, 6.07) is 9.94. The van der Waals surface area contributed by atoms with Crippen molar-refractivity contribution in [3.05, 3.63) is 84.5 Å². The van der Waals surface area contributed by atoms with Gasteiger partial charge in [0, 0.05) is 34.5 Å². The highest BCUT2D eigenvalue weighted by atomic mass is 35.5. The molecule has 0 aliphatic rings. The maximum atomic E-state index is 11.9. The number of aryl methyl sites for hydroxylation is 3. The van der Waals surface area contributed by atoms with Crippen molar-refractivity contribution < 1.29 is 13.6 Å². The van der Waals surface area contributed by atoms with Gasteiger partial charge in [0.2, 0.25) is 0 Å². The standard InChI is InChI=1S/C22H17ClO5/c1-11-4-16-14(7-22(25)27-18(16)5-12(11)2)10-26-20-9-19-15(8-17(20)23)13(3)6-21(24)28-19/h4-9H,10H2,1-3H3. The van der Waals surface area contributed by atoms with Gasteiger partial charge in [-0.1, -0.05) is 11.6 Å². The lowest BCUT2D eigenvalue weighted by atomic mass is 10.0. The zero-order chi connectivity index (χ0) is 20.0. The summed E-state index contributed by atoms with van der Waals surface area (Å²) in [4.78, 5) is 23.6. The summed E-state index contributed by atoms with van der Waals surface area (Å²) in [5.41, 5.74) is 3.62. The Morgan fingerprint density at radius 2 is 1.43 bits per heavy atom. The monoisotopic (exact) mass is 396 g/mol. The predicted molar refractivity (Wildman–Crippen MR) is 109 cm³/mol. The highest BCUT2D eigenvalue weighted by Crippen LogP contribution is 2.32. The lowest BCUT2D eigenvalue weighted by Crippen LogP contribution is -2.05. The van der Waals surface area contributed by atoms with Crippen LogP contribution in [0.15, 0.2) is 54.8 Å². The first kappa shape index (κ1) is 18.3. The fourth-order valence-corrected chi connectivity index (χ4v) is 3.41. The van der Waals surface area contributed by atoms with E-state index in [9.17, 15) is 9.59 Å². The van der Waals surface area contributed by atoms with Crippen LogP contribution in [0.1, 0.15) is 22.3 Å². The lowest BCUT2D eigenvalue weighted by Gasteiger charge is -2.12. The average Bonchev–Trinajstić information content (AvgIpc) is 2.62. The zero-order valence-electron chi connectivity index (χ0n) is 15.6. The molecule has 0 bridgehead atoms. The second-order valence-electron chi connectivity index (χ2n) is 6.84. The van der Waals surface area contributed by atoms with E-state index in [0.29, 0.717) is 27.5 Å². The third kappa shape index (κ3) is 3.29. The number of ether oxygens (including phenoxy) is 1. The molecule has 2 aromatic carbocycles. The smallest absolute Gasteiger partial charge is 0.336 e. The highest BCUT2D eigenvalue weighted by molar-refractivity contribution is 6.32. The van der Waals surface area contributed by atoms with E-state index in [1.807, 2.05) is 32.9 Å². The van der Waals surface area contributed by atoms with E-state index in [4.69, 9.17) is 25.2 Å². The summed E-state index contributed by atoms with van der Waals surface area (Å²) in [7, 11) is 0. The van der Waals surface area contributed by atoms with Gasteiger partial charge in [-0.3, -0.25) is 0 Å². The summed E-state index contributed by atoms with van der Waals surface area (Å²) >= 11 is 6.35. The van der Waals surface area contributed by atoms with Gasteiger partial charge in [-0.2, -0.15) is 0 Å². The minimum absolute atomic E-state index is 0.117. The Labute approximate surface area is 165 Å². The molecule has 0 saturated heterocycles. The summed E-state index contributed by atoms with van der Waals surface area (Å²) in [5.74, 6) is 0.369. The van der Waals surface area contributed by atoms with E-state index in [2.05, 4.69) is 0 Å². The minimum atomic E-state index is -0.444. The van der Waals surface area contributed by atoms with Crippen LogP contribution in [-0.4, -0.2) is 0 Å². The molecule has 2 aromatic heterocycles. The topological polar surface area (TPSA) is 69.7 Å². The molecule has 0 aliphatic heterocycles. The van der Waals surface area contributed by atoms with Gasteiger partial charge in [0.05, 0.1) is 5.02 Å². The predicted octanol–water partition coefficient (Wildman–Crippen LogP) is 5.06. The Balaban J connectivity index is 1.75. The summed E-state index contributed by atoms with van der Waals surface area (Å²) in [5, 5.41) is 1.94. The van der Waals surface area contributed by atoms with Crippen molar-refractivity contribution >= 4 is 33.5 Å². The van der Waals surface area contributed by atoms with Crippen molar-refractivity contribution in [3.8, 4) is 5.75 Å². The fraction of sp³-hybridized carbons (Fsp3) is 0.182. The van der Waals surface area contributed by atoms with Crippen LogP contribution in [0, 0.1) is 20.8 Å². The van der Waals surface area contributed by atoms with Gasteiger partial charge in [-0.15, -0.1) is 0 Å². The second kappa shape index (κ2) is 6.84. The molecule has 5 nitrogen and oxygen atoms in total. The third-order valence-electron chi connectivity index (χ3n) is 4.83. The van der Waals surface area contributed by atoms with Crippen molar-refractivity contribution in [2.45, 2.75) is 27.4 Å². The molecular weight excluding hydrogens is 380 g/mol. The van der Waals surface area contributed by atoms with E-state index in [1.54, 1.807) is 12.1 Å². The van der Waals surface area contributed by atoms with E-state index < -0.39 is 11.3 Å². The van der Waals surface area contributed by atoms with Crippen molar-refractivity contribution in [3.63, 3.8) is 0 Å². The van der Waals surface area contributed by atoms with Gasteiger partial charge in [0.1, 0.15) is 23.5 Å². The van der Waals surface area contributed by atoms with Crippen LogP contribution in [0.5, 0.6) is 5.75 Å². The lowest BCUT2D eigenvalue weighted by molar-refractivity contribution is 0.306. The number of hydrogen-bond donors (Lipinski definition) is 0. The van der Waals surface area contributed by atoms with Gasteiger partial charge >= 0.3 is 11.3 Å². The highest BCUT2D eigenvalue weighted by Gasteiger charge is 2.12. The molecule has 2 heterocycles. The van der Waals surface area contributed by atoms with E-state index in [1.165, 1.54) is 12.1 Å². The zero-order valence-corrected chi connectivity index (χ0v) is 16.3. The Kier molecular flexibility index (Phi) is 4.47. The van der Waals surface area contributed by atoms with E-state index >= 15 is 0 Å². The summed E-state index contributed by atoms with van der Waals surface area (Å²) < 4.78 is 16.4. The first-order chi connectivity index (χ1) is 13.3. The maximum absolute atomic E-state index is 11.9. The summed E-state index contributed by atoms with van der Waals surface area (Å²) in [6.45, 7) is 5.89. The van der Waals surface area contributed by atoms with E-state index in [-0.39, 0.29) is 6.61 Å². The molecule has 0 fully saturated rings. The van der Waals surface area contributed by atoms with Crippen LogP contribution in [-0.2, 0) is 6.61 Å². The van der Waals surface area contributed by atoms with Crippen molar-refractivity contribution in [1.82, 2.24) is 0 Å².